The molecule has 2 atom stereocenters. The van der Waals surface area contributed by atoms with Crippen molar-refractivity contribution < 1.29 is 4.79 Å². The van der Waals surface area contributed by atoms with Gasteiger partial charge in [0.1, 0.15) is 6.04 Å². The number of carbonyl (C=O) groups excluding carboxylic acids is 1. The highest BCUT2D eigenvalue weighted by molar-refractivity contribution is 5.94. The van der Waals surface area contributed by atoms with Gasteiger partial charge in [-0.2, -0.15) is 10.2 Å². The van der Waals surface area contributed by atoms with Gasteiger partial charge in [-0.1, -0.05) is 18.2 Å². The van der Waals surface area contributed by atoms with E-state index in [0.717, 1.165) is 49.1 Å². The predicted octanol–water partition coefficient (Wildman–Crippen LogP) is 4.79. The van der Waals surface area contributed by atoms with E-state index in [-0.39, 0.29) is 5.91 Å². The number of H-pyrrole nitrogens is 1. The molecule has 9 nitrogen and oxygen atoms in total. The number of hydrogen-bond donors (Lipinski definition) is 2. The molecule has 4 aromatic rings. The fraction of sp³-hybridized carbons (Fsp3) is 0.280. The fourth-order valence-corrected chi connectivity index (χ4v) is 4.50. The van der Waals surface area contributed by atoms with Gasteiger partial charge in [0, 0.05) is 49.2 Å². The number of rotatable bonds is 7. The average Bonchev–Trinajstić information content (AvgIpc) is 3.55. The molecule has 0 aliphatic carbocycles. The van der Waals surface area contributed by atoms with Crippen LogP contribution >= 0.6 is 0 Å². The molecule has 5 rings (SSSR count). The van der Waals surface area contributed by atoms with Crippen molar-refractivity contribution in [2.75, 3.05) is 13.1 Å². The molecule has 2 aromatic carbocycles. The van der Waals surface area contributed by atoms with Gasteiger partial charge in [0.05, 0.1) is 23.2 Å². The highest BCUT2D eigenvalue weighted by Crippen LogP contribution is 2.25. The Labute approximate surface area is 197 Å². The average molecular weight is 455 g/mol. The second kappa shape index (κ2) is 9.78. The molecule has 2 unspecified atom stereocenters. The normalized spacial score (nSPS) is 17.3. The minimum Gasteiger partial charge on any atom is -0.338 e. The number of aromatic amines is 1. The van der Waals surface area contributed by atoms with Gasteiger partial charge in [-0.05, 0) is 49.1 Å². The van der Waals surface area contributed by atoms with Crippen molar-refractivity contribution in [1.82, 2.24) is 24.6 Å². The minimum atomic E-state index is -0.561. The third-order valence-electron chi connectivity index (χ3n) is 6.24. The van der Waals surface area contributed by atoms with E-state index < -0.39 is 6.04 Å². The lowest BCUT2D eigenvalue weighted by Gasteiger charge is -2.33. The standard InChI is InChI=1S/C25H26N8O/c26-29-23(24-21-5-1-2-6-22(21)30-31-24)14-28-20-9-7-19(8-10-20)25(34)33-12-3-4-18(16-33)15-32-13-11-27-17-32/h1-2,5-11,13-14,17-18,23,26H,3-4,12,15-16H2,(H,30,31). The molecular weight excluding hydrogens is 428 g/mol. The van der Waals surface area contributed by atoms with Gasteiger partial charge in [0.25, 0.3) is 5.91 Å². The van der Waals surface area contributed by atoms with Crippen LogP contribution in [0.4, 0.5) is 5.69 Å². The molecule has 1 saturated heterocycles. The third-order valence-corrected chi connectivity index (χ3v) is 6.24. The number of aliphatic imine (C=N–C) groups is 1. The van der Waals surface area contributed by atoms with Crippen LogP contribution in [0.2, 0.25) is 0 Å². The maximum atomic E-state index is 13.1. The monoisotopic (exact) mass is 454 g/mol. The SMILES string of the molecule is N=NC(C=Nc1ccc(C(=O)N2CCCC(Cn3ccnc3)C2)cc1)c1[nH]nc2ccccc12. The van der Waals surface area contributed by atoms with Crippen LogP contribution in [0.1, 0.15) is 34.9 Å². The lowest BCUT2D eigenvalue weighted by atomic mass is 9.97. The van der Waals surface area contributed by atoms with Gasteiger partial charge in [0.15, 0.2) is 0 Å². The number of fused-ring (bicyclic) bond motifs is 1. The summed E-state index contributed by atoms with van der Waals surface area (Å²) in [6.07, 6.45) is 9.32. The quantitative estimate of drug-likeness (QED) is 0.309. The van der Waals surface area contributed by atoms with Crippen molar-refractivity contribution in [1.29, 1.82) is 5.53 Å². The largest absolute Gasteiger partial charge is 0.338 e. The summed E-state index contributed by atoms with van der Waals surface area (Å²) < 4.78 is 2.08. The first-order chi connectivity index (χ1) is 16.7. The molecule has 0 saturated carbocycles. The van der Waals surface area contributed by atoms with Gasteiger partial charge >= 0.3 is 0 Å². The first-order valence-corrected chi connectivity index (χ1v) is 11.4. The number of para-hydroxylation sites is 1. The van der Waals surface area contributed by atoms with Crippen molar-refractivity contribution in [2.24, 2.45) is 16.0 Å². The van der Waals surface area contributed by atoms with Crippen molar-refractivity contribution in [3.8, 4) is 0 Å². The van der Waals surface area contributed by atoms with Gasteiger partial charge in [-0.15, -0.1) is 0 Å². The summed E-state index contributed by atoms with van der Waals surface area (Å²) in [5, 5.41) is 11.9. The Balaban J connectivity index is 1.24. The summed E-state index contributed by atoms with van der Waals surface area (Å²) in [6.45, 7) is 2.41. The summed E-state index contributed by atoms with van der Waals surface area (Å²) in [7, 11) is 0. The summed E-state index contributed by atoms with van der Waals surface area (Å²) in [4.78, 5) is 23.6. The second-order valence-corrected chi connectivity index (χ2v) is 8.57. The summed E-state index contributed by atoms with van der Waals surface area (Å²) in [5.41, 5.74) is 10.5. The van der Waals surface area contributed by atoms with E-state index in [1.54, 1.807) is 12.4 Å². The van der Waals surface area contributed by atoms with Crippen molar-refractivity contribution in [2.45, 2.75) is 25.4 Å². The number of aromatic nitrogens is 4. The van der Waals surface area contributed by atoms with E-state index in [0.29, 0.717) is 17.2 Å². The zero-order chi connectivity index (χ0) is 23.3. The molecule has 0 spiro atoms. The molecule has 3 heterocycles. The molecule has 34 heavy (non-hydrogen) atoms. The Bertz CT molecular complexity index is 1290. The van der Waals surface area contributed by atoms with E-state index in [9.17, 15) is 4.79 Å². The van der Waals surface area contributed by atoms with Crippen molar-refractivity contribution >= 4 is 28.7 Å². The number of piperidine rings is 1. The number of nitrogens with one attached hydrogen (secondary N) is 2. The maximum absolute atomic E-state index is 13.1. The van der Waals surface area contributed by atoms with Crippen LogP contribution in [-0.4, -0.2) is 49.9 Å². The number of amides is 1. The van der Waals surface area contributed by atoms with Crippen molar-refractivity contribution in [3.63, 3.8) is 0 Å². The van der Waals surface area contributed by atoms with Crippen LogP contribution in [0, 0.1) is 11.4 Å². The van der Waals surface area contributed by atoms with E-state index in [1.165, 1.54) is 0 Å². The summed E-state index contributed by atoms with van der Waals surface area (Å²) >= 11 is 0. The zero-order valence-electron chi connectivity index (χ0n) is 18.7. The highest BCUT2D eigenvalue weighted by atomic mass is 16.2. The van der Waals surface area contributed by atoms with Crippen LogP contribution in [0.15, 0.2) is 77.4 Å². The molecule has 9 heteroatoms. The molecule has 2 N–H and O–H groups in total. The number of nitrogens with zero attached hydrogens (tertiary/aromatic N) is 6. The topological polar surface area (TPSA) is 115 Å². The first-order valence-electron chi connectivity index (χ1n) is 11.4. The van der Waals surface area contributed by atoms with Gasteiger partial charge < -0.3 is 9.47 Å². The fourth-order valence-electron chi connectivity index (χ4n) is 4.50. The Morgan fingerprint density at radius 1 is 1.24 bits per heavy atom. The van der Waals surface area contributed by atoms with Gasteiger partial charge in [-0.3, -0.25) is 14.9 Å². The number of likely N-dealkylation sites (tertiary alicyclic amines) is 1. The summed E-state index contributed by atoms with van der Waals surface area (Å²) in [6, 6.07) is 14.4. The molecule has 1 aliphatic heterocycles. The van der Waals surface area contributed by atoms with Crippen LogP contribution in [-0.2, 0) is 6.54 Å². The smallest absolute Gasteiger partial charge is 0.253 e. The van der Waals surface area contributed by atoms with E-state index in [2.05, 4.69) is 29.9 Å². The first kappa shape index (κ1) is 21.7. The van der Waals surface area contributed by atoms with Crippen LogP contribution < -0.4 is 0 Å². The molecule has 0 radical (unpaired) electrons. The summed E-state index contributed by atoms with van der Waals surface area (Å²) in [5.74, 6) is 0.480. The molecular formula is C25H26N8O. The molecule has 1 amide bonds. The molecule has 2 aromatic heterocycles. The van der Waals surface area contributed by atoms with Crippen LogP contribution in [0.25, 0.3) is 10.9 Å². The Kier molecular flexibility index (Phi) is 6.24. The van der Waals surface area contributed by atoms with Crippen molar-refractivity contribution in [3.05, 3.63) is 78.5 Å². The van der Waals surface area contributed by atoms with Crippen LogP contribution in [0.5, 0.6) is 0 Å². The second-order valence-electron chi connectivity index (χ2n) is 8.57. The van der Waals surface area contributed by atoms with Gasteiger partial charge in [-0.25, -0.2) is 10.5 Å². The van der Waals surface area contributed by atoms with E-state index in [1.807, 2.05) is 66.0 Å². The lowest BCUT2D eigenvalue weighted by molar-refractivity contribution is 0.0662. The zero-order valence-corrected chi connectivity index (χ0v) is 18.7. The predicted molar refractivity (Wildman–Crippen MR) is 129 cm³/mol. The Hall–Kier alpha value is -4.14. The van der Waals surface area contributed by atoms with Crippen LogP contribution in [0.3, 0.4) is 0 Å². The third kappa shape index (κ3) is 4.63. The molecule has 172 valence electrons. The lowest BCUT2D eigenvalue weighted by Crippen LogP contribution is -2.41. The van der Waals surface area contributed by atoms with E-state index >= 15 is 0 Å². The number of imidazole rings is 1. The number of benzene rings is 2. The number of carbonyl (C=O) groups is 1. The van der Waals surface area contributed by atoms with Gasteiger partial charge in [0.2, 0.25) is 0 Å². The number of hydrogen-bond acceptors (Lipinski definition) is 6. The Morgan fingerprint density at radius 2 is 2.09 bits per heavy atom. The Morgan fingerprint density at radius 3 is 2.88 bits per heavy atom. The van der Waals surface area contributed by atoms with E-state index in [4.69, 9.17) is 5.53 Å². The minimum absolute atomic E-state index is 0.0498. The maximum Gasteiger partial charge on any atom is 0.253 e. The molecule has 1 aliphatic rings. The highest BCUT2D eigenvalue weighted by Gasteiger charge is 2.24. The molecule has 0 bridgehead atoms. The molecule has 1 fully saturated rings.